The van der Waals surface area contributed by atoms with E-state index in [1.165, 1.54) is 18.4 Å². The number of nitrogens with zero attached hydrogens (tertiary/aromatic N) is 3. The largest absolute Gasteiger partial charge is 0.496 e. The fourth-order valence-corrected chi connectivity index (χ4v) is 2.83. The van der Waals surface area contributed by atoms with Crippen molar-refractivity contribution in [2.24, 2.45) is 0 Å². The zero-order chi connectivity index (χ0) is 14.5. The second-order valence-corrected chi connectivity index (χ2v) is 5.38. The lowest BCUT2D eigenvalue weighted by molar-refractivity contribution is 0.409. The number of hydrogen-bond acceptors (Lipinski definition) is 4. The molecule has 0 aliphatic carbocycles. The normalized spacial score (nSPS) is 14.0. The molecule has 0 spiro atoms. The number of fused-ring (bicyclic) bond motifs is 1. The van der Waals surface area contributed by atoms with Crippen molar-refractivity contribution < 1.29 is 4.74 Å². The number of ether oxygens (including phenoxy) is 1. The highest BCUT2D eigenvalue weighted by Crippen LogP contribution is 2.17. The smallest absolute Gasteiger partial charge is 0.147 e. The van der Waals surface area contributed by atoms with E-state index in [0.717, 1.165) is 49.9 Å². The topological polar surface area (TPSA) is 52.0 Å². The Bertz CT molecular complexity index is 594. The van der Waals surface area contributed by atoms with Crippen LogP contribution in [-0.2, 0) is 25.9 Å². The number of aryl methyl sites for hydroxylation is 1. The van der Waals surface area contributed by atoms with Gasteiger partial charge in [-0.25, -0.2) is 0 Å². The van der Waals surface area contributed by atoms with Crippen LogP contribution in [0.2, 0.25) is 0 Å². The first kappa shape index (κ1) is 14.1. The van der Waals surface area contributed by atoms with Crippen LogP contribution in [0.5, 0.6) is 5.75 Å². The Balaban J connectivity index is 1.51. The molecule has 112 valence electrons. The lowest BCUT2D eigenvalue weighted by Gasteiger charge is -2.15. The van der Waals surface area contributed by atoms with Gasteiger partial charge in [0, 0.05) is 13.0 Å². The maximum atomic E-state index is 5.37. The summed E-state index contributed by atoms with van der Waals surface area (Å²) < 4.78 is 7.63. The number of benzene rings is 1. The van der Waals surface area contributed by atoms with Gasteiger partial charge in [0.25, 0.3) is 0 Å². The number of rotatable bonds is 6. The molecule has 0 amide bonds. The van der Waals surface area contributed by atoms with Gasteiger partial charge in [-0.15, -0.1) is 10.2 Å². The average molecular weight is 286 g/mol. The Kier molecular flexibility index (Phi) is 4.50. The molecular weight excluding hydrogens is 264 g/mol. The molecule has 5 nitrogen and oxygen atoms in total. The summed E-state index contributed by atoms with van der Waals surface area (Å²) in [6.45, 7) is 2.75. The first-order valence-corrected chi connectivity index (χ1v) is 7.62. The van der Waals surface area contributed by atoms with E-state index in [0.29, 0.717) is 0 Å². The summed E-state index contributed by atoms with van der Waals surface area (Å²) in [5.74, 6) is 3.16. The van der Waals surface area contributed by atoms with E-state index in [-0.39, 0.29) is 0 Å². The van der Waals surface area contributed by atoms with Crippen LogP contribution < -0.4 is 10.1 Å². The molecular formula is C16H22N4O. The van der Waals surface area contributed by atoms with Crippen LogP contribution >= 0.6 is 0 Å². The number of hydrogen-bond donors (Lipinski definition) is 1. The average Bonchev–Trinajstić information content (AvgIpc) is 2.95. The van der Waals surface area contributed by atoms with Crippen molar-refractivity contribution >= 4 is 0 Å². The summed E-state index contributed by atoms with van der Waals surface area (Å²) in [6.07, 6.45) is 4.48. The zero-order valence-corrected chi connectivity index (χ0v) is 12.5. The zero-order valence-electron chi connectivity index (χ0n) is 12.5. The third kappa shape index (κ3) is 3.24. The highest BCUT2D eigenvalue weighted by atomic mass is 16.5. The number of nitrogens with one attached hydrogen (secondary N) is 1. The Morgan fingerprint density at radius 3 is 3.05 bits per heavy atom. The first-order chi connectivity index (χ1) is 10.4. The van der Waals surface area contributed by atoms with E-state index in [2.05, 4.69) is 26.1 Å². The molecule has 0 unspecified atom stereocenters. The summed E-state index contributed by atoms with van der Waals surface area (Å²) in [7, 11) is 1.72. The van der Waals surface area contributed by atoms with Crippen LogP contribution in [0.25, 0.3) is 0 Å². The Labute approximate surface area is 125 Å². The molecule has 2 heterocycles. The second kappa shape index (κ2) is 6.72. The summed E-state index contributed by atoms with van der Waals surface area (Å²) >= 11 is 0. The molecule has 3 rings (SSSR count). The SMILES string of the molecule is COc1ccccc1CCNCc1nnc2n1CCCC2. The van der Waals surface area contributed by atoms with E-state index in [1.54, 1.807) is 7.11 Å². The third-order valence-electron chi connectivity index (χ3n) is 3.98. The van der Waals surface area contributed by atoms with Gasteiger partial charge in [0.1, 0.15) is 17.4 Å². The van der Waals surface area contributed by atoms with Gasteiger partial charge in [-0.05, 0) is 37.4 Å². The molecule has 21 heavy (non-hydrogen) atoms. The summed E-state index contributed by atoms with van der Waals surface area (Å²) in [6, 6.07) is 8.16. The van der Waals surface area contributed by atoms with Crippen molar-refractivity contribution in [2.75, 3.05) is 13.7 Å². The van der Waals surface area contributed by atoms with Crippen LogP contribution in [-0.4, -0.2) is 28.4 Å². The highest BCUT2D eigenvalue weighted by Gasteiger charge is 2.14. The maximum absolute atomic E-state index is 5.37. The molecule has 0 radical (unpaired) electrons. The molecule has 0 saturated heterocycles. The molecule has 0 saturated carbocycles. The van der Waals surface area contributed by atoms with Crippen LogP contribution in [0.1, 0.15) is 30.1 Å². The monoisotopic (exact) mass is 286 g/mol. The molecule has 1 N–H and O–H groups in total. The minimum absolute atomic E-state index is 0.780. The van der Waals surface area contributed by atoms with Crippen molar-refractivity contribution in [1.29, 1.82) is 0 Å². The van der Waals surface area contributed by atoms with E-state index in [1.807, 2.05) is 18.2 Å². The summed E-state index contributed by atoms with van der Waals surface area (Å²) in [4.78, 5) is 0. The molecule has 1 aromatic heterocycles. The standard InChI is InChI=1S/C16H22N4O/c1-21-14-7-3-2-6-13(14)9-10-17-12-16-19-18-15-8-4-5-11-20(15)16/h2-3,6-7,17H,4-5,8-12H2,1H3. The van der Waals surface area contributed by atoms with Crippen molar-refractivity contribution in [3.8, 4) is 5.75 Å². The number of aromatic nitrogens is 3. The number of para-hydroxylation sites is 1. The lowest BCUT2D eigenvalue weighted by Crippen LogP contribution is -2.21. The van der Waals surface area contributed by atoms with Crippen LogP contribution in [0.15, 0.2) is 24.3 Å². The van der Waals surface area contributed by atoms with E-state index < -0.39 is 0 Å². The summed E-state index contributed by atoms with van der Waals surface area (Å²) in [5, 5.41) is 12.0. The van der Waals surface area contributed by atoms with Gasteiger partial charge in [-0.1, -0.05) is 18.2 Å². The fourth-order valence-electron chi connectivity index (χ4n) is 2.83. The van der Waals surface area contributed by atoms with Gasteiger partial charge >= 0.3 is 0 Å². The second-order valence-electron chi connectivity index (χ2n) is 5.38. The molecule has 5 heteroatoms. The van der Waals surface area contributed by atoms with Gasteiger partial charge in [-0.2, -0.15) is 0 Å². The molecule has 2 aromatic rings. The minimum atomic E-state index is 0.780. The molecule has 0 fully saturated rings. The third-order valence-corrected chi connectivity index (χ3v) is 3.98. The van der Waals surface area contributed by atoms with E-state index in [9.17, 15) is 0 Å². The van der Waals surface area contributed by atoms with Gasteiger partial charge in [0.05, 0.1) is 13.7 Å². The molecule has 0 atom stereocenters. The predicted octanol–water partition coefficient (Wildman–Crippen LogP) is 1.96. The predicted molar refractivity (Wildman–Crippen MR) is 81.4 cm³/mol. The van der Waals surface area contributed by atoms with Crippen molar-refractivity contribution in [1.82, 2.24) is 20.1 Å². The minimum Gasteiger partial charge on any atom is -0.496 e. The fraction of sp³-hybridized carbons (Fsp3) is 0.500. The highest BCUT2D eigenvalue weighted by molar-refractivity contribution is 5.33. The van der Waals surface area contributed by atoms with Crippen molar-refractivity contribution in [3.05, 3.63) is 41.5 Å². The van der Waals surface area contributed by atoms with E-state index >= 15 is 0 Å². The molecule has 0 bridgehead atoms. The summed E-state index contributed by atoms with van der Waals surface area (Å²) in [5.41, 5.74) is 1.23. The quantitative estimate of drug-likeness (QED) is 0.825. The Morgan fingerprint density at radius 1 is 1.24 bits per heavy atom. The van der Waals surface area contributed by atoms with Crippen molar-refractivity contribution in [2.45, 2.75) is 38.8 Å². The van der Waals surface area contributed by atoms with Crippen LogP contribution in [0.4, 0.5) is 0 Å². The van der Waals surface area contributed by atoms with Gasteiger partial charge in [0.2, 0.25) is 0 Å². The van der Waals surface area contributed by atoms with Crippen LogP contribution in [0, 0.1) is 0 Å². The van der Waals surface area contributed by atoms with Gasteiger partial charge in [0.15, 0.2) is 0 Å². The first-order valence-electron chi connectivity index (χ1n) is 7.62. The Hall–Kier alpha value is -1.88. The lowest BCUT2D eigenvalue weighted by atomic mass is 10.1. The van der Waals surface area contributed by atoms with E-state index in [4.69, 9.17) is 4.74 Å². The van der Waals surface area contributed by atoms with Crippen LogP contribution in [0.3, 0.4) is 0 Å². The van der Waals surface area contributed by atoms with Gasteiger partial charge < -0.3 is 14.6 Å². The van der Waals surface area contributed by atoms with Crippen molar-refractivity contribution in [3.63, 3.8) is 0 Å². The maximum Gasteiger partial charge on any atom is 0.147 e. The molecule has 1 aliphatic rings. The molecule has 1 aromatic carbocycles. The Morgan fingerprint density at radius 2 is 2.14 bits per heavy atom. The molecule has 1 aliphatic heterocycles. The number of methoxy groups -OCH3 is 1. The van der Waals surface area contributed by atoms with Gasteiger partial charge in [-0.3, -0.25) is 0 Å².